The van der Waals surface area contributed by atoms with Gasteiger partial charge < -0.3 is 0 Å². The van der Waals surface area contributed by atoms with Gasteiger partial charge in [-0.2, -0.15) is 0 Å². The fourth-order valence-electron chi connectivity index (χ4n) is 4.19. The van der Waals surface area contributed by atoms with Crippen molar-refractivity contribution >= 4 is 70.9 Å². The van der Waals surface area contributed by atoms with Crippen molar-refractivity contribution in [3.05, 3.63) is 100 Å². The van der Waals surface area contributed by atoms with Crippen LogP contribution < -0.4 is 0 Å². The zero-order chi connectivity index (χ0) is 23.1. The number of aromatic nitrogens is 2. The molecule has 0 fully saturated rings. The van der Waals surface area contributed by atoms with Gasteiger partial charge >= 0.3 is 0 Å². The first-order valence-corrected chi connectivity index (χ1v) is 14.3. The first kappa shape index (κ1) is 22.2. The van der Waals surface area contributed by atoms with E-state index in [0.29, 0.717) is 4.16 Å². The number of nitrogens with zero attached hydrogens (tertiary/aromatic N) is 2. The van der Waals surface area contributed by atoms with Crippen LogP contribution in [0.2, 0.25) is 0 Å². The molecule has 1 atom stereocenters. The summed E-state index contributed by atoms with van der Waals surface area (Å²) in [7, 11) is 0. The molecular weight excluding hydrogens is 588 g/mol. The minimum atomic E-state index is 0.399. The highest BCUT2D eigenvalue weighted by Crippen LogP contribution is 2.46. The van der Waals surface area contributed by atoms with Gasteiger partial charge in [-0.1, -0.05) is 94.8 Å². The van der Waals surface area contributed by atoms with Crippen LogP contribution in [-0.2, 0) is 0 Å². The van der Waals surface area contributed by atoms with Gasteiger partial charge in [0, 0.05) is 32.0 Å². The van der Waals surface area contributed by atoms with Gasteiger partial charge in [-0.3, -0.25) is 0 Å². The highest BCUT2D eigenvalue weighted by molar-refractivity contribution is 9.11. The maximum atomic E-state index is 5.35. The van der Waals surface area contributed by atoms with Gasteiger partial charge in [0.2, 0.25) is 0 Å². The highest BCUT2D eigenvalue weighted by Gasteiger charge is 2.23. The normalized spacial score (nSPS) is 15.6. The van der Waals surface area contributed by atoms with Crippen molar-refractivity contribution in [2.45, 2.75) is 10.6 Å². The summed E-state index contributed by atoms with van der Waals surface area (Å²) in [6, 6.07) is 29.4. The molecule has 166 valence electrons. The fraction of sp³-hybridized carbons (Fsp3) is 0.0714. The standard InChI is InChI=1S/C28H18Br2N2S2/c29-23-15-13-21(33-23)19-11-12-20(22-14-16-24(30)34-22)28-27(19)31-25(17-7-3-1-4-8-17)26(32-28)18-9-5-2-6-10-18/h1-15,24H,16H2. The lowest BCUT2D eigenvalue weighted by Crippen LogP contribution is -1.99. The lowest BCUT2D eigenvalue weighted by Gasteiger charge is -2.15. The molecule has 0 saturated heterocycles. The monoisotopic (exact) mass is 604 g/mol. The third kappa shape index (κ3) is 4.17. The van der Waals surface area contributed by atoms with Crippen molar-refractivity contribution in [2.24, 2.45) is 0 Å². The molecule has 34 heavy (non-hydrogen) atoms. The Bertz CT molecular complexity index is 1530. The lowest BCUT2D eigenvalue weighted by molar-refractivity contribution is 1.23. The summed E-state index contributed by atoms with van der Waals surface area (Å²) >= 11 is 10.9. The molecule has 0 saturated carbocycles. The van der Waals surface area contributed by atoms with Crippen molar-refractivity contribution in [1.29, 1.82) is 0 Å². The second-order valence-corrected chi connectivity index (χ2v) is 13.4. The van der Waals surface area contributed by atoms with Crippen molar-refractivity contribution < 1.29 is 0 Å². The van der Waals surface area contributed by atoms with Crippen LogP contribution in [0.25, 0.3) is 48.9 Å². The zero-order valence-corrected chi connectivity index (χ0v) is 22.7. The van der Waals surface area contributed by atoms with Crippen LogP contribution in [0.3, 0.4) is 0 Å². The van der Waals surface area contributed by atoms with E-state index >= 15 is 0 Å². The van der Waals surface area contributed by atoms with E-state index in [1.807, 2.05) is 23.9 Å². The fourth-order valence-corrected chi connectivity index (χ4v) is 7.35. The summed E-state index contributed by atoms with van der Waals surface area (Å²) < 4.78 is 1.50. The van der Waals surface area contributed by atoms with E-state index in [9.17, 15) is 0 Å². The molecular formula is C28H18Br2N2S2. The molecule has 3 heterocycles. The number of halogens is 2. The molecule has 0 N–H and O–H groups in total. The molecule has 1 aliphatic rings. The SMILES string of the molecule is Brc1ccc(-c2ccc(C3=CCC(Br)S3)c3nc(-c4ccccc4)c(-c4ccccc4)nc23)s1. The molecule has 0 aliphatic carbocycles. The average molecular weight is 606 g/mol. The predicted octanol–water partition coefficient (Wildman–Crippen LogP) is 9.65. The molecule has 1 aliphatic heterocycles. The second-order valence-electron chi connectivity index (χ2n) is 7.95. The summed E-state index contributed by atoms with van der Waals surface area (Å²) in [6.07, 6.45) is 3.30. The molecule has 3 aromatic carbocycles. The Morgan fingerprint density at radius 3 is 1.82 bits per heavy atom. The van der Waals surface area contributed by atoms with Crippen LogP contribution in [0.1, 0.15) is 12.0 Å². The first-order valence-electron chi connectivity index (χ1n) is 10.9. The number of benzene rings is 3. The van der Waals surface area contributed by atoms with E-state index in [0.717, 1.165) is 54.9 Å². The number of hydrogen-bond donors (Lipinski definition) is 0. The van der Waals surface area contributed by atoms with Crippen LogP contribution in [0.15, 0.2) is 94.8 Å². The van der Waals surface area contributed by atoms with Gasteiger partial charge in [-0.25, -0.2) is 9.97 Å². The molecule has 0 bridgehead atoms. The minimum absolute atomic E-state index is 0.399. The predicted molar refractivity (Wildman–Crippen MR) is 154 cm³/mol. The molecule has 5 aromatic rings. The summed E-state index contributed by atoms with van der Waals surface area (Å²) in [4.78, 5) is 13.1. The Kier molecular flexibility index (Phi) is 6.16. The molecule has 2 aromatic heterocycles. The first-order chi connectivity index (χ1) is 16.7. The molecule has 2 nitrogen and oxygen atoms in total. The van der Waals surface area contributed by atoms with Gasteiger partial charge in [0.1, 0.15) is 0 Å². The third-order valence-corrected chi connectivity index (χ3v) is 9.44. The Hall–Kier alpha value is -2.25. The maximum absolute atomic E-state index is 5.35. The average Bonchev–Trinajstić information content (AvgIpc) is 3.51. The molecule has 0 amide bonds. The van der Waals surface area contributed by atoms with Gasteiger partial charge in [-0.15, -0.1) is 23.1 Å². The van der Waals surface area contributed by atoms with E-state index in [1.165, 1.54) is 9.78 Å². The highest BCUT2D eigenvalue weighted by atomic mass is 79.9. The van der Waals surface area contributed by atoms with Crippen molar-refractivity contribution in [3.8, 4) is 33.0 Å². The molecule has 0 spiro atoms. The maximum Gasteiger partial charge on any atom is 0.0987 e. The van der Waals surface area contributed by atoms with Crippen LogP contribution in [0, 0.1) is 0 Å². The number of alkyl halides is 1. The summed E-state index contributed by atoms with van der Waals surface area (Å²) in [6.45, 7) is 0. The Morgan fingerprint density at radius 2 is 1.29 bits per heavy atom. The number of thioether (sulfide) groups is 1. The van der Waals surface area contributed by atoms with Crippen molar-refractivity contribution in [1.82, 2.24) is 9.97 Å². The Balaban J connectivity index is 1.70. The van der Waals surface area contributed by atoms with Gasteiger partial charge in [0.15, 0.2) is 0 Å². The number of fused-ring (bicyclic) bond motifs is 1. The van der Waals surface area contributed by atoms with E-state index in [2.05, 4.69) is 111 Å². The van der Waals surface area contributed by atoms with Crippen LogP contribution in [0.4, 0.5) is 0 Å². The summed E-state index contributed by atoms with van der Waals surface area (Å²) in [5.74, 6) is 0. The van der Waals surface area contributed by atoms with Crippen LogP contribution >= 0.6 is 55.0 Å². The number of rotatable bonds is 4. The van der Waals surface area contributed by atoms with E-state index < -0.39 is 0 Å². The van der Waals surface area contributed by atoms with Gasteiger partial charge in [-0.05, 0) is 34.5 Å². The van der Waals surface area contributed by atoms with Gasteiger partial charge in [0.05, 0.1) is 30.4 Å². The topological polar surface area (TPSA) is 25.8 Å². The Labute approximate surface area is 223 Å². The van der Waals surface area contributed by atoms with Crippen LogP contribution in [0.5, 0.6) is 0 Å². The number of thiophene rings is 1. The molecule has 1 unspecified atom stereocenters. The number of hydrogen-bond acceptors (Lipinski definition) is 4. The van der Waals surface area contributed by atoms with Crippen LogP contribution in [-0.4, -0.2) is 14.1 Å². The van der Waals surface area contributed by atoms with Crippen molar-refractivity contribution in [2.75, 3.05) is 0 Å². The van der Waals surface area contributed by atoms with Gasteiger partial charge in [0.25, 0.3) is 0 Å². The molecule has 6 rings (SSSR count). The third-order valence-electron chi connectivity index (χ3n) is 5.76. The minimum Gasteiger partial charge on any atom is -0.243 e. The second kappa shape index (κ2) is 9.42. The summed E-state index contributed by atoms with van der Waals surface area (Å²) in [5.41, 5.74) is 8.07. The van der Waals surface area contributed by atoms with E-state index in [1.54, 1.807) is 11.3 Å². The Morgan fingerprint density at radius 1 is 0.706 bits per heavy atom. The smallest absolute Gasteiger partial charge is 0.0987 e. The quantitative estimate of drug-likeness (QED) is 0.191. The zero-order valence-electron chi connectivity index (χ0n) is 17.9. The molecule has 0 radical (unpaired) electrons. The van der Waals surface area contributed by atoms with E-state index in [-0.39, 0.29) is 0 Å². The number of allylic oxidation sites excluding steroid dienone is 1. The largest absolute Gasteiger partial charge is 0.243 e. The van der Waals surface area contributed by atoms with E-state index in [4.69, 9.17) is 9.97 Å². The molecule has 6 heteroatoms. The van der Waals surface area contributed by atoms with Crippen molar-refractivity contribution in [3.63, 3.8) is 0 Å². The summed E-state index contributed by atoms with van der Waals surface area (Å²) in [5, 5.41) is 0. The lowest BCUT2D eigenvalue weighted by atomic mass is 10.0.